The lowest BCUT2D eigenvalue weighted by Crippen LogP contribution is -2.20. The van der Waals surface area contributed by atoms with Gasteiger partial charge in [0.2, 0.25) is 0 Å². The minimum Gasteiger partial charge on any atom is -0.398 e. The first kappa shape index (κ1) is 12.7. The molecule has 1 aromatic carbocycles. The zero-order chi connectivity index (χ0) is 12.3. The van der Waals surface area contributed by atoms with Gasteiger partial charge in [-0.05, 0) is 43.0 Å². The van der Waals surface area contributed by atoms with Gasteiger partial charge in [-0.1, -0.05) is 31.0 Å². The maximum absolute atomic E-state index is 5.92. The van der Waals surface area contributed by atoms with Gasteiger partial charge in [-0.2, -0.15) is 0 Å². The topological polar surface area (TPSA) is 29.3 Å². The minimum atomic E-state index is 0.652. The summed E-state index contributed by atoms with van der Waals surface area (Å²) >= 11 is 5.92. The number of nitrogen functional groups attached to an aromatic ring is 1. The molecule has 0 saturated carbocycles. The number of hydrogen-bond donors (Lipinski definition) is 1. The highest BCUT2D eigenvalue weighted by atomic mass is 35.5. The van der Waals surface area contributed by atoms with Gasteiger partial charge >= 0.3 is 0 Å². The maximum atomic E-state index is 5.92. The number of nitrogens with two attached hydrogens (primary N) is 1. The lowest BCUT2D eigenvalue weighted by molar-refractivity contribution is 0.313. The standard InChI is InChI=1S/C14H21ClN2/c1-2-3-11-6-7-17(9-11)10-12-4-5-13(15)14(16)8-12/h4-5,8,11H,2-3,6-7,9-10,16H2,1H3. The van der Waals surface area contributed by atoms with E-state index in [1.807, 2.05) is 12.1 Å². The molecule has 1 fully saturated rings. The molecule has 2 N–H and O–H groups in total. The Kier molecular flexibility index (Phi) is 4.30. The fraction of sp³-hybridized carbons (Fsp3) is 0.571. The van der Waals surface area contributed by atoms with Crippen LogP contribution in [-0.2, 0) is 6.54 Å². The van der Waals surface area contributed by atoms with Crippen LogP contribution in [0.3, 0.4) is 0 Å². The van der Waals surface area contributed by atoms with E-state index in [1.165, 1.54) is 37.9 Å². The Morgan fingerprint density at radius 1 is 1.47 bits per heavy atom. The van der Waals surface area contributed by atoms with Gasteiger partial charge in [0.05, 0.1) is 10.7 Å². The summed E-state index contributed by atoms with van der Waals surface area (Å²) in [5, 5.41) is 0.652. The Labute approximate surface area is 109 Å². The van der Waals surface area contributed by atoms with Crippen LogP contribution in [0.25, 0.3) is 0 Å². The summed E-state index contributed by atoms with van der Waals surface area (Å²) in [5.74, 6) is 0.893. The summed E-state index contributed by atoms with van der Waals surface area (Å²) in [4.78, 5) is 2.52. The smallest absolute Gasteiger partial charge is 0.0635 e. The van der Waals surface area contributed by atoms with Crippen LogP contribution in [0.1, 0.15) is 31.7 Å². The number of hydrogen-bond acceptors (Lipinski definition) is 2. The van der Waals surface area contributed by atoms with E-state index in [4.69, 9.17) is 17.3 Å². The second-order valence-corrected chi connectivity index (χ2v) is 5.44. The van der Waals surface area contributed by atoms with E-state index in [-0.39, 0.29) is 0 Å². The molecule has 0 spiro atoms. The van der Waals surface area contributed by atoms with E-state index in [2.05, 4.69) is 17.9 Å². The van der Waals surface area contributed by atoms with Crippen LogP contribution >= 0.6 is 11.6 Å². The first-order valence-corrected chi connectivity index (χ1v) is 6.83. The Hall–Kier alpha value is -0.730. The average Bonchev–Trinajstić information content (AvgIpc) is 2.72. The number of benzene rings is 1. The Balaban J connectivity index is 1.91. The normalized spacial score (nSPS) is 20.9. The van der Waals surface area contributed by atoms with Gasteiger partial charge < -0.3 is 5.73 Å². The summed E-state index contributed by atoms with van der Waals surface area (Å²) in [7, 11) is 0. The zero-order valence-corrected chi connectivity index (χ0v) is 11.2. The van der Waals surface area contributed by atoms with Crippen molar-refractivity contribution in [2.24, 2.45) is 5.92 Å². The van der Waals surface area contributed by atoms with Gasteiger partial charge in [0, 0.05) is 13.1 Å². The fourth-order valence-electron chi connectivity index (χ4n) is 2.65. The molecule has 2 rings (SSSR count). The van der Waals surface area contributed by atoms with E-state index < -0.39 is 0 Å². The van der Waals surface area contributed by atoms with Crippen LogP contribution in [-0.4, -0.2) is 18.0 Å². The molecule has 2 nitrogen and oxygen atoms in total. The summed E-state index contributed by atoms with van der Waals surface area (Å²) in [5.41, 5.74) is 7.78. The molecule has 1 heterocycles. The Bertz CT molecular complexity index is 378. The third kappa shape index (κ3) is 3.36. The number of nitrogens with zero attached hydrogens (tertiary/aromatic N) is 1. The monoisotopic (exact) mass is 252 g/mol. The lowest BCUT2D eigenvalue weighted by Gasteiger charge is -2.16. The molecule has 1 aliphatic heterocycles. The molecule has 3 heteroatoms. The highest BCUT2D eigenvalue weighted by molar-refractivity contribution is 6.33. The number of anilines is 1. The van der Waals surface area contributed by atoms with Crippen molar-refractivity contribution in [3.05, 3.63) is 28.8 Å². The molecule has 17 heavy (non-hydrogen) atoms. The van der Waals surface area contributed by atoms with E-state index >= 15 is 0 Å². The second kappa shape index (κ2) is 5.74. The molecule has 94 valence electrons. The maximum Gasteiger partial charge on any atom is 0.0635 e. The summed E-state index contributed by atoms with van der Waals surface area (Å²) < 4.78 is 0. The third-order valence-corrected chi connectivity index (χ3v) is 3.88. The first-order chi connectivity index (χ1) is 8.19. The van der Waals surface area contributed by atoms with Crippen molar-refractivity contribution in [2.45, 2.75) is 32.7 Å². The Morgan fingerprint density at radius 2 is 2.29 bits per heavy atom. The molecular weight excluding hydrogens is 232 g/mol. The van der Waals surface area contributed by atoms with Gasteiger partial charge in [-0.25, -0.2) is 0 Å². The Morgan fingerprint density at radius 3 is 3.00 bits per heavy atom. The van der Waals surface area contributed by atoms with Crippen molar-refractivity contribution in [1.29, 1.82) is 0 Å². The van der Waals surface area contributed by atoms with E-state index in [1.54, 1.807) is 0 Å². The van der Waals surface area contributed by atoms with Crippen molar-refractivity contribution in [3.63, 3.8) is 0 Å². The van der Waals surface area contributed by atoms with Crippen LogP contribution < -0.4 is 5.73 Å². The molecule has 1 saturated heterocycles. The first-order valence-electron chi connectivity index (χ1n) is 6.45. The van der Waals surface area contributed by atoms with Crippen molar-refractivity contribution in [1.82, 2.24) is 4.90 Å². The van der Waals surface area contributed by atoms with Crippen molar-refractivity contribution < 1.29 is 0 Å². The molecule has 0 bridgehead atoms. The SMILES string of the molecule is CCCC1CCN(Cc2ccc(Cl)c(N)c2)C1. The van der Waals surface area contributed by atoms with Crippen molar-refractivity contribution in [3.8, 4) is 0 Å². The molecule has 0 amide bonds. The number of halogens is 1. The largest absolute Gasteiger partial charge is 0.398 e. The number of likely N-dealkylation sites (tertiary alicyclic amines) is 1. The summed E-state index contributed by atoms with van der Waals surface area (Å²) in [6.07, 6.45) is 4.00. The van der Waals surface area contributed by atoms with Crippen LogP contribution in [0.15, 0.2) is 18.2 Å². The zero-order valence-electron chi connectivity index (χ0n) is 10.5. The third-order valence-electron chi connectivity index (χ3n) is 3.53. The van der Waals surface area contributed by atoms with Gasteiger partial charge in [0.1, 0.15) is 0 Å². The number of rotatable bonds is 4. The van der Waals surface area contributed by atoms with Crippen molar-refractivity contribution >= 4 is 17.3 Å². The van der Waals surface area contributed by atoms with Gasteiger partial charge in [0.25, 0.3) is 0 Å². The predicted molar refractivity (Wildman–Crippen MR) is 74.2 cm³/mol. The van der Waals surface area contributed by atoms with Gasteiger partial charge in [-0.3, -0.25) is 4.90 Å². The fourth-order valence-corrected chi connectivity index (χ4v) is 2.77. The van der Waals surface area contributed by atoms with E-state index in [9.17, 15) is 0 Å². The second-order valence-electron chi connectivity index (χ2n) is 5.03. The van der Waals surface area contributed by atoms with E-state index in [0.717, 1.165) is 12.5 Å². The van der Waals surface area contributed by atoms with Crippen LogP contribution in [0.5, 0.6) is 0 Å². The lowest BCUT2D eigenvalue weighted by atomic mass is 10.0. The predicted octanol–water partition coefficient (Wildman–Crippen LogP) is 3.54. The average molecular weight is 253 g/mol. The summed E-state index contributed by atoms with van der Waals surface area (Å²) in [6, 6.07) is 5.97. The van der Waals surface area contributed by atoms with E-state index in [0.29, 0.717) is 10.7 Å². The molecule has 1 aromatic rings. The molecular formula is C14H21ClN2. The van der Waals surface area contributed by atoms with Crippen LogP contribution in [0.2, 0.25) is 5.02 Å². The molecule has 1 atom stereocenters. The van der Waals surface area contributed by atoms with Crippen LogP contribution in [0.4, 0.5) is 5.69 Å². The highest BCUT2D eigenvalue weighted by Gasteiger charge is 2.21. The summed E-state index contributed by atoms with van der Waals surface area (Å²) in [6.45, 7) is 5.72. The van der Waals surface area contributed by atoms with Crippen LogP contribution in [0, 0.1) is 5.92 Å². The highest BCUT2D eigenvalue weighted by Crippen LogP contribution is 2.24. The van der Waals surface area contributed by atoms with Crippen molar-refractivity contribution in [2.75, 3.05) is 18.8 Å². The van der Waals surface area contributed by atoms with Gasteiger partial charge in [0.15, 0.2) is 0 Å². The molecule has 1 aliphatic rings. The minimum absolute atomic E-state index is 0.652. The van der Waals surface area contributed by atoms with Gasteiger partial charge in [-0.15, -0.1) is 0 Å². The molecule has 0 aromatic heterocycles. The molecule has 1 unspecified atom stereocenters. The molecule has 0 radical (unpaired) electrons. The quantitative estimate of drug-likeness (QED) is 0.831. The molecule has 0 aliphatic carbocycles.